The number of carbonyl (C=O) groups excluding carboxylic acids is 1. The zero-order valence-corrected chi connectivity index (χ0v) is 11.2. The van der Waals surface area contributed by atoms with Gasteiger partial charge in [-0.3, -0.25) is 4.79 Å². The third kappa shape index (κ3) is 3.66. The summed E-state index contributed by atoms with van der Waals surface area (Å²) in [5.41, 5.74) is 2.16. The van der Waals surface area contributed by atoms with Gasteiger partial charge in [0.1, 0.15) is 0 Å². The molecular weight excluding hydrogens is 254 g/mol. The summed E-state index contributed by atoms with van der Waals surface area (Å²) in [6.07, 6.45) is -1.18. The van der Waals surface area contributed by atoms with Crippen molar-refractivity contribution in [2.45, 2.75) is 12.7 Å². The first-order chi connectivity index (χ1) is 9.70. The van der Waals surface area contributed by atoms with Gasteiger partial charge >= 0.3 is 0 Å². The fourth-order valence-electron chi connectivity index (χ4n) is 1.90. The van der Waals surface area contributed by atoms with E-state index in [9.17, 15) is 9.90 Å². The van der Waals surface area contributed by atoms with Crippen molar-refractivity contribution in [3.8, 4) is 0 Å². The third-order valence-corrected chi connectivity index (χ3v) is 2.87. The lowest BCUT2D eigenvalue weighted by Gasteiger charge is -2.12. The van der Waals surface area contributed by atoms with Crippen LogP contribution in [-0.4, -0.2) is 18.1 Å². The number of aliphatic hydroxyl groups is 1. The van der Waals surface area contributed by atoms with Crippen molar-refractivity contribution in [1.82, 2.24) is 0 Å². The van der Waals surface area contributed by atoms with E-state index in [0.717, 1.165) is 5.56 Å². The molecule has 0 aromatic heterocycles. The fraction of sp³-hybridized carbons (Fsp3) is 0.188. The normalized spacial score (nSPS) is 11.9. The standard InChI is InChI=1S/C16H17NO3/c1-20-11-12-6-5-9-14(10-12)17-16(19)15(18)13-7-3-2-4-8-13/h2-10,15,18H,11H2,1H3,(H,17,19). The number of ether oxygens (including phenoxy) is 1. The van der Waals surface area contributed by atoms with E-state index < -0.39 is 12.0 Å². The molecule has 104 valence electrons. The molecule has 0 bridgehead atoms. The maximum Gasteiger partial charge on any atom is 0.257 e. The number of carbonyl (C=O) groups is 1. The second-order valence-corrected chi connectivity index (χ2v) is 4.44. The van der Waals surface area contributed by atoms with E-state index in [4.69, 9.17) is 4.74 Å². The van der Waals surface area contributed by atoms with Gasteiger partial charge in [0.2, 0.25) is 0 Å². The van der Waals surface area contributed by atoms with Gasteiger partial charge in [-0.1, -0.05) is 42.5 Å². The zero-order valence-electron chi connectivity index (χ0n) is 11.2. The summed E-state index contributed by atoms with van der Waals surface area (Å²) in [7, 11) is 1.62. The highest BCUT2D eigenvalue weighted by Crippen LogP contribution is 2.17. The number of aliphatic hydroxyl groups excluding tert-OH is 1. The molecule has 0 saturated carbocycles. The lowest BCUT2D eigenvalue weighted by molar-refractivity contribution is -0.124. The molecule has 1 unspecified atom stereocenters. The number of hydrogen-bond donors (Lipinski definition) is 2. The van der Waals surface area contributed by atoms with Gasteiger partial charge in [-0.05, 0) is 23.3 Å². The average molecular weight is 271 g/mol. The largest absolute Gasteiger partial charge is 0.380 e. The molecule has 0 fully saturated rings. The van der Waals surface area contributed by atoms with Gasteiger partial charge in [0.15, 0.2) is 6.10 Å². The van der Waals surface area contributed by atoms with Crippen LogP contribution in [0.15, 0.2) is 54.6 Å². The molecule has 2 aromatic carbocycles. The lowest BCUT2D eigenvalue weighted by atomic mass is 10.1. The zero-order chi connectivity index (χ0) is 14.4. The quantitative estimate of drug-likeness (QED) is 0.878. The monoisotopic (exact) mass is 271 g/mol. The minimum Gasteiger partial charge on any atom is -0.380 e. The van der Waals surface area contributed by atoms with Crippen LogP contribution in [-0.2, 0) is 16.1 Å². The number of amides is 1. The summed E-state index contributed by atoms with van der Waals surface area (Å²) in [6.45, 7) is 0.477. The Hall–Kier alpha value is -2.17. The first-order valence-electron chi connectivity index (χ1n) is 6.32. The molecule has 0 aliphatic heterocycles. The molecule has 1 amide bonds. The summed E-state index contributed by atoms with van der Waals surface area (Å²) < 4.78 is 5.04. The average Bonchev–Trinajstić information content (AvgIpc) is 2.48. The van der Waals surface area contributed by atoms with Crippen LogP contribution >= 0.6 is 0 Å². The van der Waals surface area contributed by atoms with Crippen molar-refractivity contribution in [2.75, 3.05) is 12.4 Å². The molecule has 2 N–H and O–H groups in total. The van der Waals surface area contributed by atoms with E-state index in [-0.39, 0.29) is 0 Å². The van der Waals surface area contributed by atoms with E-state index in [1.54, 1.807) is 37.4 Å². The van der Waals surface area contributed by atoms with Crippen LogP contribution in [0, 0.1) is 0 Å². The molecule has 0 saturated heterocycles. The topological polar surface area (TPSA) is 58.6 Å². The first-order valence-corrected chi connectivity index (χ1v) is 6.32. The maximum atomic E-state index is 12.0. The van der Waals surface area contributed by atoms with Gasteiger partial charge in [0, 0.05) is 12.8 Å². The first kappa shape index (κ1) is 14.2. The summed E-state index contributed by atoms with van der Waals surface area (Å²) in [5.74, 6) is -0.453. The highest BCUT2D eigenvalue weighted by molar-refractivity contribution is 5.94. The molecule has 0 aliphatic rings. The molecule has 0 spiro atoms. The maximum absolute atomic E-state index is 12.0. The molecule has 4 nitrogen and oxygen atoms in total. The molecule has 2 rings (SSSR count). The van der Waals surface area contributed by atoms with Crippen LogP contribution < -0.4 is 5.32 Å². The Morgan fingerprint density at radius 3 is 2.65 bits per heavy atom. The van der Waals surface area contributed by atoms with E-state index in [1.807, 2.05) is 24.3 Å². The van der Waals surface area contributed by atoms with Gasteiger partial charge in [0.25, 0.3) is 5.91 Å². The Morgan fingerprint density at radius 2 is 1.95 bits per heavy atom. The van der Waals surface area contributed by atoms with Gasteiger partial charge in [-0.25, -0.2) is 0 Å². The van der Waals surface area contributed by atoms with E-state index in [0.29, 0.717) is 17.9 Å². The van der Waals surface area contributed by atoms with Crippen LogP contribution in [0.1, 0.15) is 17.2 Å². The van der Waals surface area contributed by atoms with Crippen molar-refractivity contribution in [1.29, 1.82) is 0 Å². The predicted octanol–water partition coefficient (Wildman–Crippen LogP) is 2.51. The lowest BCUT2D eigenvalue weighted by Crippen LogP contribution is -2.20. The van der Waals surface area contributed by atoms with Crippen LogP contribution in [0.25, 0.3) is 0 Å². The number of anilines is 1. The van der Waals surface area contributed by atoms with Gasteiger partial charge in [-0.15, -0.1) is 0 Å². The van der Waals surface area contributed by atoms with Crippen molar-refractivity contribution in [3.63, 3.8) is 0 Å². The molecular formula is C16H17NO3. The van der Waals surface area contributed by atoms with Crippen LogP contribution in [0.2, 0.25) is 0 Å². The summed E-state index contributed by atoms with van der Waals surface area (Å²) in [6, 6.07) is 16.2. The van der Waals surface area contributed by atoms with E-state index >= 15 is 0 Å². The smallest absolute Gasteiger partial charge is 0.257 e. The van der Waals surface area contributed by atoms with Crippen molar-refractivity contribution in [3.05, 3.63) is 65.7 Å². The number of benzene rings is 2. The van der Waals surface area contributed by atoms with Gasteiger partial charge < -0.3 is 15.2 Å². The third-order valence-electron chi connectivity index (χ3n) is 2.87. The highest BCUT2D eigenvalue weighted by atomic mass is 16.5. The molecule has 2 aromatic rings. The summed E-state index contributed by atoms with van der Waals surface area (Å²) in [5, 5.41) is 12.7. The summed E-state index contributed by atoms with van der Waals surface area (Å²) >= 11 is 0. The fourth-order valence-corrected chi connectivity index (χ4v) is 1.90. The predicted molar refractivity (Wildman–Crippen MR) is 77.2 cm³/mol. The van der Waals surface area contributed by atoms with E-state index in [1.165, 1.54) is 0 Å². The number of rotatable bonds is 5. The Bertz CT molecular complexity index is 569. The van der Waals surface area contributed by atoms with Crippen molar-refractivity contribution in [2.24, 2.45) is 0 Å². The molecule has 20 heavy (non-hydrogen) atoms. The minimum absolute atomic E-state index is 0.453. The van der Waals surface area contributed by atoms with Crippen LogP contribution in [0.3, 0.4) is 0 Å². The Labute approximate surface area is 118 Å². The van der Waals surface area contributed by atoms with Gasteiger partial charge in [-0.2, -0.15) is 0 Å². The second kappa shape index (κ2) is 6.84. The van der Waals surface area contributed by atoms with Crippen LogP contribution in [0.4, 0.5) is 5.69 Å². The van der Waals surface area contributed by atoms with Crippen LogP contribution in [0.5, 0.6) is 0 Å². The molecule has 1 atom stereocenters. The summed E-state index contributed by atoms with van der Waals surface area (Å²) in [4.78, 5) is 12.0. The minimum atomic E-state index is -1.18. The Balaban J connectivity index is 2.06. The van der Waals surface area contributed by atoms with Crippen molar-refractivity contribution < 1.29 is 14.6 Å². The number of methoxy groups -OCH3 is 1. The van der Waals surface area contributed by atoms with Crippen molar-refractivity contribution >= 4 is 11.6 Å². The molecule has 4 heteroatoms. The SMILES string of the molecule is COCc1cccc(NC(=O)C(O)c2ccccc2)c1. The highest BCUT2D eigenvalue weighted by Gasteiger charge is 2.16. The Morgan fingerprint density at radius 1 is 1.20 bits per heavy atom. The molecule has 0 heterocycles. The number of nitrogens with one attached hydrogen (secondary N) is 1. The van der Waals surface area contributed by atoms with E-state index in [2.05, 4.69) is 5.32 Å². The van der Waals surface area contributed by atoms with Gasteiger partial charge in [0.05, 0.1) is 6.61 Å². The molecule has 0 radical (unpaired) electrons. The second-order valence-electron chi connectivity index (χ2n) is 4.44. The Kier molecular flexibility index (Phi) is 4.87. The molecule has 0 aliphatic carbocycles. The number of hydrogen-bond acceptors (Lipinski definition) is 3.